The van der Waals surface area contributed by atoms with Crippen molar-refractivity contribution in [1.29, 1.82) is 0 Å². The summed E-state index contributed by atoms with van der Waals surface area (Å²) in [7, 11) is 0. The molecule has 5 rings (SSSR count). The molecule has 1 atom stereocenters. The Labute approximate surface area is 222 Å². The van der Waals surface area contributed by atoms with Crippen LogP contribution in [0.2, 0.25) is 5.02 Å². The second-order valence-corrected chi connectivity index (χ2v) is 9.08. The van der Waals surface area contributed by atoms with Gasteiger partial charge in [0.1, 0.15) is 18.2 Å². The van der Waals surface area contributed by atoms with Crippen LogP contribution in [-0.4, -0.2) is 64.5 Å². The number of aromatic nitrogens is 4. The smallest absolute Gasteiger partial charge is 0.266 e. The van der Waals surface area contributed by atoms with Crippen molar-refractivity contribution >= 4 is 28.2 Å². The Morgan fingerprint density at radius 3 is 2.76 bits per heavy atom. The maximum absolute atomic E-state index is 15.2. The molecule has 1 unspecified atom stereocenters. The number of rotatable bonds is 8. The number of hydrogen-bond donors (Lipinski definition) is 2. The molecule has 0 amide bonds. The van der Waals surface area contributed by atoms with Gasteiger partial charge in [0.15, 0.2) is 0 Å². The molecule has 198 valence electrons. The molecule has 1 aliphatic rings. The summed E-state index contributed by atoms with van der Waals surface area (Å²) in [4.78, 5) is 23.1. The predicted octanol–water partition coefficient (Wildman–Crippen LogP) is 2.50. The lowest BCUT2D eigenvalue weighted by molar-refractivity contribution is 0.122. The van der Waals surface area contributed by atoms with E-state index >= 15 is 4.39 Å². The standard InChI is InChI=1S/C26H26ClFN6O4/c27-20-13-21(28)19(12-18(20)26(36)22-3-4-24(35)34(32-22)7-10-38-14-29)25-17-2-1-16(11-23(17)30-15-31-25)33-5-8-37-9-6-33/h1-4,11-13,15,26,36H,5-10,14,29H2. The Morgan fingerprint density at radius 1 is 1.16 bits per heavy atom. The normalized spacial score (nSPS) is 14.7. The van der Waals surface area contributed by atoms with Gasteiger partial charge in [0.2, 0.25) is 0 Å². The number of hydrogen-bond acceptors (Lipinski definition) is 9. The Morgan fingerprint density at radius 2 is 1.97 bits per heavy atom. The maximum Gasteiger partial charge on any atom is 0.266 e. The van der Waals surface area contributed by atoms with Crippen molar-refractivity contribution in [2.24, 2.45) is 5.73 Å². The van der Waals surface area contributed by atoms with Crippen molar-refractivity contribution in [2.45, 2.75) is 12.6 Å². The average Bonchev–Trinajstić information content (AvgIpc) is 2.94. The lowest BCUT2D eigenvalue weighted by Crippen LogP contribution is -2.36. The van der Waals surface area contributed by atoms with Crippen LogP contribution < -0.4 is 16.2 Å². The van der Waals surface area contributed by atoms with E-state index in [1.807, 2.05) is 18.2 Å². The van der Waals surface area contributed by atoms with Crippen molar-refractivity contribution in [1.82, 2.24) is 19.7 Å². The van der Waals surface area contributed by atoms with Crippen molar-refractivity contribution in [3.8, 4) is 11.3 Å². The fraction of sp³-hybridized carbons (Fsp3) is 0.308. The van der Waals surface area contributed by atoms with Crippen LogP contribution in [0.15, 0.2) is 53.6 Å². The van der Waals surface area contributed by atoms with Crippen LogP contribution in [0.3, 0.4) is 0 Å². The molecule has 0 spiro atoms. The monoisotopic (exact) mass is 540 g/mol. The zero-order chi connectivity index (χ0) is 26.6. The lowest BCUT2D eigenvalue weighted by atomic mass is 9.99. The Kier molecular flexibility index (Phi) is 7.91. The van der Waals surface area contributed by atoms with Crippen LogP contribution in [0.1, 0.15) is 17.4 Å². The number of nitrogens with two attached hydrogens (primary N) is 1. The molecule has 0 saturated carbocycles. The Hall–Kier alpha value is -3.48. The van der Waals surface area contributed by atoms with E-state index in [4.69, 9.17) is 26.8 Å². The molecule has 1 saturated heterocycles. The van der Waals surface area contributed by atoms with Crippen LogP contribution in [0, 0.1) is 5.82 Å². The topological polar surface area (TPSA) is 129 Å². The van der Waals surface area contributed by atoms with Crippen molar-refractivity contribution in [3.05, 3.63) is 81.2 Å². The molecule has 3 heterocycles. The first-order valence-electron chi connectivity index (χ1n) is 12.1. The summed E-state index contributed by atoms with van der Waals surface area (Å²) >= 11 is 6.35. The lowest BCUT2D eigenvalue weighted by Gasteiger charge is -2.29. The fourth-order valence-corrected chi connectivity index (χ4v) is 4.65. The maximum atomic E-state index is 15.2. The molecule has 38 heavy (non-hydrogen) atoms. The molecule has 1 fully saturated rings. The van der Waals surface area contributed by atoms with Gasteiger partial charge in [-0.25, -0.2) is 19.0 Å². The highest BCUT2D eigenvalue weighted by molar-refractivity contribution is 6.31. The number of fused-ring (bicyclic) bond motifs is 1. The van der Waals surface area contributed by atoms with E-state index in [-0.39, 0.29) is 47.3 Å². The van der Waals surface area contributed by atoms with E-state index in [1.165, 1.54) is 24.5 Å². The zero-order valence-electron chi connectivity index (χ0n) is 20.4. The van der Waals surface area contributed by atoms with Crippen molar-refractivity contribution in [2.75, 3.05) is 44.5 Å². The molecule has 12 heteroatoms. The van der Waals surface area contributed by atoms with Crippen LogP contribution in [0.25, 0.3) is 22.2 Å². The second kappa shape index (κ2) is 11.5. The molecule has 2 aromatic heterocycles. The van der Waals surface area contributed by atoms with Gasteiger partial charge >= 0.3 is 0 Å². The highest BCUT2D eigenvalue weighted by Gasteiger charge is 2.22. The molecule has 1 aliphatic heterocycles. The Balaban J connectivity index is 1.51. The molecule has 3 N–H and O–H groups in total. The quantitative estimate of drug-likeness (QED) is 0.256. The zero-order valence-corrected chi connectivity index (χ0v) is 21.1. The van der Waals surface area contributed by atoms with Gasteiger partial charge in [0.05, 0.1) is 50.0 Å². The van der Waals surface area contributed by atoms with Gasteiger partial charge in [-0.1, -0.05) is 11.6 Å². The first-order valence-corrected chi connectivity index (χ1v) is 12.4. The number of ether oxygens (including phenoxy) is 2. The number of nitrogens with zero attached hydrogens (tertiary/aromatic N) is 5. The van der Waals surface area contributed by atoms with E-state index in [0.717, 1.165) is 29.5 Å². The average molecular weight is 541 g/mol. The molecule has 10 nitrogen and oxygen atoms in total. The van der Waals surface area contributed by atoms with Gasteiger partial charge in [-0.05, 0) is 36.4 Å². The van der Waals surface area contributed by atoms with E-state index in [0.29, 0.717) is 29.8 Å². The minimum absolute atomic E-state index is 0.0112. The highest BCUT2D eigenvalue weighted by atomic mass is 35.5. The largest absolute Gasteiger partial charge is 0.382 e. The number of anilines is 1. The molecule has 0 aliphatic carbocycles. The number of halogens is 2. The van der Waals surface area contributed by atoms with Crippen LogP contribution in [0.5, 0.6) is 0 Å². The van der Waals surface area contributed by atoms with Gasteiger partial charge in [-0.3, -0.25) is 4.79 Å². The van der Waals surface area contributed by atoms with Crippen LogP contribution in [0.4, 0.5) is 10.1 Å². The molecule has 0 bridgehead atoms. The van der Waals surface area contributed by atoms with Gasteiger partial charge in [0, 0.05) is 46.4 Å². The van der Waals surface area contributed by atoms with Gasteiger partial charge < -0.3 is 25.2 Å². The first-order chi connectivity index (χ1) is 18.5. The van der Waals surface area contributed by atoms with E-state index in [2.05, 4.69) is 20.0 Å². The fourth-order valence-electron chi connectivity index (χ4n) is 4.40. The number of aliphatic hydroxyl groups is 1. The number of benzene rings is 2. The summed E-state index contributed by atoms with van der Waals surface area (Å²) in [6.45, 7) is 3.20. The second-order valence-electron chi connectivity index (χ2n) is 8.67. The third-order valence-electron chi connectivity index (χ3n) is 6.37. The molecular formula is C26H26ClFN6O4. The third kappa shape index (κ3) is 5.38. The van der Waals surface area contributed by atoms with Crippen molar-refractivity contribution in [3.63, 3.8) is 0 Å². The molecule has 4 aromatic rings. The summed E-state index contributed by atoms with van der Waals surface area (Å²) in [5.41, 5.74) is 7.51. The van der Waals surface area contributed by atoms with E-state index in [1.54, 1.807) is 0 Å². The van der Waals surface area contributed by atoms with Crippen LogP contribution >= 0.6 is 11.6 Å². The van der Waals surface area contributed by atoms with E-state index in [9.17, 15) is 9.90 Å². The summed E-state index contributed by atoms with van der Waals surface area (Å²) in [6.07, 6.45) is 0.0522. The number of aliphatic hydroxyl groups excluding tert-OH is 1. The molecule has 0 radical (unpaired) electrons. The summed E-state index contributed by atoms with van der Waals surface area (Å²) in [5.74, 6) is -0.597. The Bertz CT molecular complexity index is 1510. The summed E-state index contributed by atoms with van der Waals surface area (Å²) < 4.78 is 26.9. The minimum atomic E-state index is -1.33. The van der Waals surface area contributed by atoms with Crippen LogP contribution in [-0.2, 0) is 16.0 Å². The highest BCUT2D eigenvalue weighted by Crippen LogP contribution is 2.36. The SMILES string of the molecule is NCOCCn1nc(C(O)c2cc(-c3ncnc4cc(N5CCOCC5)ccc34)c(F)cc2Cl)ccc1=O. The molecular weight excluding hydrogens is 515 g/mol. The van der Waals surface area contributed by atoms with Gasteiger partial charge in [0.25, 0.3) is 5.56 Å². The van der Waals surface area contributed by atoms with Gasteiger partial charge in [-0.2, -0.15) is 5.10 Å². The van der Waals surface area contributed by atoms with Gasteiger partial charge in [-0.15, -0.1) is 0 Å². The van der Waals surface area contributed by atoms with Crippen molar-refractivity contribution < 1.29 is 19.0 Å². The number of morpholine rings is 1. The van der Waals surface area contributed by atoms with E-state index < -0.39 is 11.9 Å². The molecule has 2 aromatic carbocycles. The summed E-state index contributed by atoms with van der Waals surface area (Å²) in [6, 6.07) is 11.0. The third-order valence-corrected chi connectivity index (χ3v) is 6.69. The summed E-state index contributed by atoms with van der Waals surface area (Å²) in [5, 5.41) is 16.0. The predicted molar refractivity (Wildman–Crippen MR) is 141 cm³/mol. The first kappa shape index (κ1) is 26.1. The minimum Gasteiger partial charge on any atom is -0.382 e.